The van der Waals surface area contributed by atoms with E-state index in [0.717, 1.165) is 5.69 Å². The van der Waals surface area contributed by atoms with Crippen molar-refractivity contribution in [1.29, 1.82) is 0 Å². The van der Waals surface area contributed by atoms with Gasteiger partial charge in [-0.3, -0.25) is 19.6 Å². The molecular formula is C24H21N3O4. The minimum Gasteiger partial charge on any atom is -0.493 e. The molecule has 0 radical (unpaired) electrons. The van der Waals surface area contributed by atoms with Crippen molar-refractivity contribution < 1.29 is 19.1 Å². The molecule has 0 unspecified atom stereocenters. The van der Waals surface area contributed by atoms with Gasteiger partial charge in [0, 0.05) is 24.0 Å². The number of ether oxygens (including phenoxy) is 2. The summed E-state index contributed by atoms with van der Waals surface area (Å²) in [7, 11) is 3.03. The lowest BCUT2D eigenvalue weighted by atomic mass is 9.89. The van der Waals surface area contributed by atoms with E-state index in [2.05, 4.69) is 9.98 Å². The number of methoxy groups -OCH3 is 2. The third-order valence-corrected chi connectivity index (χ3v) is 5.08. The maximum atomic E-state index is 13.4. The molecule has 1 atom stereocenters. The number of hydrogen-bond donors (Lipinski definition) is 0. The SMILES string of the molecule is COc1ccc(N2C(=O)c3ccccc3[C@H](C=NCc3ccccn3)C2=O)cc1OC. The van der Waals surface area contributed by atoms with Gasteiger partial charge in [-0.15, -0.1) is 0 Å². The minimum atomic E-state index is -0.689. The number of hydrogen-bond acceptors (Lipinski definition) is 6. The number of amides is 2. The molecule has 1 aliphatic heterocycles. The summed E-state index contributed by atoms with van der Waals surface area (Å²) in [5.41, 5.74) is 2.30. The van der Waals surface area contributed by atoms with Crippen molar-refractivity contribution in [2.45, 2.75) is 12.5 Å². The predicted molar refractivity (Wildman–Crippen MR) is 117 cm³/mol. The highest BCUT2D eigenvalue weighted by atomic mass is 16.5. The quantitative estimate of drug-likeness (QED) is 0.454. The number of benzene rings is 2. The van der Waals surface area contributed by atoms with Gasteiger partial charge >= 0.3 is 0 Å². The Hall–Kier alpha value is -4.00. The first kappa shape index (κ1) is 20.3. The van der Waals surface area contributed by atoms with Crippen LogP contribution >= 0.6 is 0 Å². The number of aliphatic imine (C=N–C) groups is 1. The van der Waals surface area contributed by atoms with Crippen LogP contribution in [0.15, 0.2) is 71.9 Å². The van der Waals surface area contributed by atoms with Gasteiger partial charge in [-0.05, 0) is 35.9 Å². The molecule has 0 spiro atoms. The van der Waals surface area contributed by atoms with Crippen LogP contribution in [0.2, 0.25) is 0 Å². The molecular weight excluding hydrogens is 394 g/mol. The molecule has 1 aliphatic rings. The average Bonchev–Trinajstić information content (AvgIpc) is 2.82. The second-order valence-electron chi connectivity index (χ2n) is 6.89. The topological polar surface area (TPSA) is 81.1 Å². The molecule has 0 N–H and O–H groups in total. The molecule has 7 nitrogen and oxygen atoms in total. The van der Waals surface area contributed by atoms with E-state index < -0.39 is 5.92 Å². The fourth-order valence-corrected chi connectivity index (χ4v) is 3.55. The maximum Gasteiger partial charge on any atom is 0.265 e. The van der Waals surface area contributed by atoms with Crippen LogP contribution in [0.3, 0.4) is 0 Å². The fourth-order valence-electron chi connectivity index (χ4n) is 3.55. The number of carbonyl (C=O) groups excluding carboxylic acids is 2. The van der Waals surface area contributed by atoms with Crippen molar-refractivity contribution >= 4 is 23.7 Å². The molecule has 156 valence electrons. The third-order valence-electron chi connectivity index (χ3n) is 5.08. The van der Waals surface area contributed by atoms with Crippen LogP contribution in [-0.2, 0) is 11.3 Å². The molecule has 0 aliphatic carbocycles. The largest absolute Gasteiger partial charge is 0.493 e. The van der Waals surface area contributed by atoms with Crippen molar-refractivity contribution in [3.8, 4) is 11.5 Å². The number of rotatable bonds is 6. The lowest BCUT2D eigenvalue weighted by molar-refractivity contribution is -0.118. The highest BCUT2D eigenvalue weighted by molar-refractivity contribution is 6.29. The summed E-state index contributed by atoms with van der Waals surface area (Å²) in [4.78, 5) is 36.5. The first-order valence-electron chi connectivity index (χ1n) is 9.73. The van der Waals surface area contributed by atoms with Gasteiger partial charge in [-0.2, -0.15) is 0 Å². The van der Waals surface area contributed by atoms with Gasteiger partial charge in [-0.1, -0.05) is 24.3 Å². The Kier molecular flexibility index (Phi) is 5.75. The summed E-state index contributed by atoms with van der Waals surface area (Å²) >= 11 is 0. The zero-order valence-electron chi connectivity index (χ0n) is 17.2. The summed E-state index contributed by atoms with van der Waals surface area (Å²) in [6.45, 7) is 0.344. The molecule has 2 amide bonds. The average molecular weight is 415 g/mol. The van der Waals surface area contributed by atoms with Gasteiger partial charge < -0.3 is 9.47 Å². The summed E-state index contributed by atoms with van der Waals surface area (Å²) in [5, 5.41) is 0. The van der Waals surface area contributed by atoms with Crippen LogP contribution in [0.5, 0.6) is 11.5 Å². The van der Waals surface area contributed by atoms with Gasteiger partial charge in [0.2, 0.25) is 5.91 Å². The highest BCUT2D eigenvalue weighted by Gasteiger charge is 2.39. The van der Waals surface area contributed by atoms with E-state index in [4.69, 9.17) is 9.47 Å². The Bertz CT molecular complexity index is 1140. The number of fused-ring (bicyclic) bond motifs is 1. The van der Waals surface area contributed by atoms with Gasteiger partial charge in [0.05, 0.1) is 38.1 Å². The smallest absolute Gasteiger partial charge is 0.265 e. The van der Waals surface area contributed by atoms with Crippen LogP contribution in [0.25, 0.3) is 0 Å². The van der Waals surface area contributed by atoms with E-state index in [-0.39, 0.29) is 11.8 Å². The van der Waals surface area contributed by atoms with Crippen LogP contribution < -0.4 is 14.4 Å². The molecule has 3 aromatic rings. The monoisotopic (exact) mass is 415 g/mol. The Morgan fingerprint density at radius 3 is 2.52 bits per heavy atom. The second-order valence-corrected chi connectivity index (χ2v) is 6.89. The van der Waals surface area contributed by atoms with Crippen molar-refractivity contribution in [2.75, 3.05) is 19.1 Å². The van der Waals surface area contributed by atoms with E-state index in [1.165, 1.54) is 19.1 Å². The number of nitrogens with zero attached hydrogens (tertiary/aromatic N) is 3. The summed E-state index contributed by atoms with van der Waals surface area (Å²) < 4.78 is 10.6. The lowest BCUT2D eigenvalue weighted by Gasteiger charge is -2.31. The Labute approximate surface area is 180 Å². The highest BCUT2D eigenvalue weighted by Crippen LogP contribution is 2.36. The number of imide groups is 1. The maximum absolute atomic E-state index is 13.4. The zero-order chi connectivity index (χ0) is 21.8. The molecule has 2 aromatic carbocycles. The van der Waals surface area contributed by atoms with Crippen molar-refractivity contribution in [2.24, 2.45) is 4.99 Å². The normalized spacial score (nSPS) is 15.8. The summed E-state index contributed by atoms with van der Waals surface area (Å²) in [5.74, 6) is -0.509. The molecule has 0 saturated heterocycles. The first-order valence-corrected chi connectivity index (χ1v) is 9.73. The van der Waals surface area contributed by atoms with E-state index in [1.807, 2.05) is 24.3 Å². The Balaban J connectivity index is 1.72. The first-order chi connectivity index (χ1) is 15.1. The van der Waals surface area contributed by atoms with Crippen molar-refractivity contribution in [3.05, 3.63) is 83.7 Å². The van der Waals surface area contributed by atoms with Crippen LogP contribution in [0.1, 0.15) is 27.5 Å². The fraction of sp³-hybridized carbons (Fsp3) is 0.167. The molecule has 2 heterocycles. The zero-order valence-corrected chi connectivity index (χ0v) is 17.2. The summed E-state index contributed by atoms with van der Waals surface area (Å²) in [6, 6.07) is 17.6. The van der Waals surface area contributed by atoms with Gasteiger partial charge in [0.1, 0.15) is 0 Å². The molecule has 4 rings (SSSR count). The van der Waals surface area contributed by atoms with E-state index in [9.17, 15) is 9.59 Å². The number of aromatic nitrogens is 1. The summed E-state index contributed by atoms with van der Waals surface area (Å²) in [6.07, 6.45) is 3.29. The van der Waals surface area contributed by atoms with Gasteiger partial charge in [-0.25, -0.2) is 4.90 Å². The molecule has 7 heteroatoms. The van der Waals surface area contributed by atoms with E-state index in [1.54, 1.807) is 48.8 Å². The van der Waals surface area contributed by atoms with Crippen molar-refractivity contribution in [3.63, 3.8) is 0 Å². The number of carbonyl (C=O) groups is 2. The molecule has 0 bridgehead atoms. The molecule has 0 fully saturated rings. The second kappa shape index (κ2) is 8.79. The van der Waals surface area contributed by atoms with Crippen LogP contribution in [0, 0.1) is 0 Å². The van der Waals surface area contributed by atoms with Crippen LogP contribution in [-0.4, -0.2) is 37.2 Å². The Morgan fingerprint density at radius 2 is 1.77 bits per heavy atom. The Morgan fingerprint density at radius 1 is 1.00 bits per heavy atom. The number of anilines is 1. The predicted octanol–water partition coefficient (Wildman–Crippen LogP) is 3.64. The van der Waals surface area contributed by atoms with Gasteiger partial charge in [0.15, 0.2) is 11.5 Å². The van der Waals surface area contributed by atoms with Gasteiger partial charge in [0.25, 0.3) is 5.91 Å². The standard InChI is InChI=1S/C24H21N3O4/c1-30-21-11-10-17(13-22(21)31-2)27-23(28)19-9-4-3-8-18(19)20(24(27)29)15-25-14-16-7-5-6-12-26-16/h3-13,15,20H,14H2,1-2H3/t20-/m0/s1. The number of pyridine rings is 1. The lowest BCUT2D eigenvalue weighted by Crippen LogP contribution is -2.45. The van der Waals surface area contributed by atoms with Crippen molar-refractivity contribution in [1.82, 2.24) is 4.98 Å². The molecule has 0 saturated carbocycles. The van der Waals surface area contributed by atoms with E-state index >= 15 is 0 Å². The molecule has 1 aromatic heterocycles. The van der Waals surface area contributed by atoms with Crippen LogP contribution in [0.4, 0.5) is 5.69 Å². The van der Waals surface area contributed by atoms with E-state index in [0.29, 0.717) is 34.9 Å². The third kappa shape index (κ3) is 3.90. The molecule has 31 heavy (non-hydrogen) atoms. The minimum absolute atomic E-state index is 0.344.